The van der Waals surface area contributed by atoms with Crippen LogP contribution in [0.3, 0.4) is 0 Å². The highest BCUT2D eigenvalue weighted by molar-refractivity contribution is 5.27. The monoisotopic (exact) mass is 237 g/mol. The molecule has 1 N–H and O–H groups in total. The van der Waals surface area contributed by atoms with Gasteiger partial charge >= 0.3 is 0 Å². The Hall–Kier alpha value is -0.890. The molecule has 0 fully saturated rings. The van der Waals surface area contributed by atoms with Gasteiger partial charge in [-0.1, -0.05) is 26.8 Å². The number of aryl methyl sites for hydroxylation is 1. The summed E-state index contributed by atoms with van der Waals surface area (Å²) in [5.41, 5.74) is 2.57. The van der Waals surface area contributed by atoms with Crippen molar-refractivity contribution in [3.05, 3.63) is 35.1 Å². The number of benzene rings is 1. The average molecular weight is 237 g/mol. The van der Waals surface area contributed by atoms with Gasteiger partial charge in [0.15, 0.2) is 0 Å². The SMILES string of the molecule is CCNCCC(C)(C)Cc1ccc(F)cc1C. The van der Waals surface area contributed by atoms with Crippen molar-refractivity contribution in [3.8, 4) is 0 Å². The fourth-order valence-electron chi connectivity index (χ4n) is 2.07. The third kappa shape index (κ3) is 4.86. The molecule has 0 amide bonds. The van der Waals surface area contributed by atoms with Crippen LogP contribution in [0.4, 0.5) is 4.39 Å². The molecule has 0 heterocycles. The van der Waals surface area contributed by atoms with Crippen LogP contribution in [0.15, 0.2) is 18.2 Å². The molecule has 0 aliphatic heterocycles. The van der Waals surface area contributed by atoms with Crippen LogP contribution in [-0.4, -0.2) is 13.1 Å². The second-order valence-electron chi connectivity index (χ2n) is 5.52. The molecule has 0 bridgehead atoms. The minimum absolute atomic E-state index is 0.142. The first-order chi connectivity index (χ1) is 7.94. The molecule has 1 nitrogen and oxygen atoms in total. The van der Waals surface area contributed by atoms with Gasteiger partial charge in [-0.05, 0) is 61.5 Å². The maximum atomic E-state index is 13.0. The minimum atomic E-state index is -0.142. The zero-order valence-electron chi connectivity index (χ0n) is 11.4. The van der Waals surface area contributed by atoms with Crippen molar-refractivity contribution in [1.29, 1.82) is 0 Å². The molecular weight excluding hydrogens is 213 g/mol. The van der Waals surface area contributed by atoms with Gasteiger partial charge in [-0.2, -0.15) is 0 Å². The molecule has 0 radical (unpaired) electrons. The summed E-state index contributed by atoms with van der Waals surface area (Å²) in [7, 11) is 0. The molecule has 0 unspecified atom stereocenters. The van der Waals surface area contributed by atoms with E-state index in [1.54, 1.807) is 12.1 Å². The standard InChI is InChI=1S/C15H24FN/c1-5-17-9-8-15(3,4)11-13-6-7-14(16)10-12(13)2/h6-7,10,17H,5,8-9,11H2,1-4H3. The molecule has 1 aromatic carbocycles. The van der Waals surface area contributed by atoms with Crippen LogP contribution in [0.5, 0.6) is 0 Å². The van der Waals surface area contributed by atoms with E-state index in [4.69, 9.17) is 0 Å². The maximum Gasteiger partial charge on any atom is 0.123 e. The van der Waals surface area contributed by atoms with Gasteiger partial charge in [-0.25, -0.2) is 4.39 Å². The smallest absolute Gasteiger partial charge is 0.123 e. The van der Waals surface area contributed by atoms with Gasteiger partial charge in [-0.15, -0.1) is 0 Å². The van der Waals surface area contributed by atoms with Gasteiger partial charge < -0.3 is 5.32 Å². The van der Waals surface area contributed by atoms with E-state index in [0.717, 1.165) is 31.5 Å². The van der Waals surface area contributed by atoms with E-state index in [-0.39, 0.29) is 11.2 Å². The summed E-state index contributed by atoms with van der Waals surface area (Å²) in [6.45, 7) is 10.7. The second-order valence-corrected chi connectivity index (χ2v) is 5.52. The van der Waals surface area contributed by atoms with Crippen LogP contribution in [0.1, 0.15) is 38.3 Å². The fraction of sp³-hybridized carbons (Fsp3) is 0.600. The molecule has 0 saturated heterocycles. The Morgan fingerprint density at radius 1 is 1.29 bits per heavy atom. The van der Waals surface area contributed by atoms with Gasteiger partial charge in [0.05, 0.1) is 0 Å². The Morgan fingerprint density at radius 3 is 2.59 bits per heavy atom. The highest BCUT2D eigenvalue weighted by atomic mass is 19.1. The van der Waals surface area contributed by atoms with Crippen molar-refractivity contribution in [2.75, 3.05) is 13.1 Å². The number of hydrogen-bond acceptors (Lipinski definition) is 1. The zero-order chi connectivity index (χ0) is 12.9. The van der Waals surface area contributed by atoms with Crippen LogP contribution < -0.4 is 5.32 Å². The third-order valence-electron chi connectivity index (χ3n) is 3.20. The molecule has 0 aliphatic rings. The Kier molecular flexibility index (Phi) is 5.13. The molecule has 1 rings (SSSR count). The average Bonchev–Trinajstić information content (AvgIpc) is 2.22. The zero-order valence-corrected chi connectivity index (χ0v) is 11.4. The first kappa shape index (κ1) is 14.2. The van der Waals surface area contributed by atoms with Crippen molar-refractivity contribution in [1.82, 2.24) is 5.32 Å². The minimum Gasteiger partial charge on any atom is -0.317 e. The van der Waals surface area contributed by atoms with Gasteiger partial charge in [0.25, 0.3) is 0 Å². The molecule has 2 heteroatoms. The molecule has 1 aromatic rings. The summed E-state index contributed by atoms with van der Waals surface area (Å²) >= 11 is 0. The van der Waals surface area contributed by atoms with Crippen LogP contribution in [0.25, 0.3) is 0 Å². The Labute approximate surface area is 104 Å². The van der Waals surface area contributed by atoms with Gasteiger partial charge in [0, 0.05) is 0 Å². The van der Waals surface area contributed by atoms with Crippen molar-refractivity contribution in [3.63, 3.8) is 0 Å². The predicted molar refractivity (Wildman–Crippen MR) is 71.8 cm³/mol. The number of halogens is 1. The Bertz CT molecular complexity index is 358. The van der Waals surface area contributed by atoms with E-state index in [9.17, 15) is 4.39 Å². The molecule has 0 saturated carbocycles. The Balaban J connectivity index is 2.62. The summed E-state index contributed by atoms with van der Waals surface area (Å²) < 4.78 is 13.0. The first-order valence-electron chi connectivity index (χ1n) is 6.40. The maximum absolute atomic E-state index is 13.0. The second kappa shape index (κ2) is 6.15. The molecular formula is C15H24FN. The van der Waals surface area contributed by atoms with Crippen molar-refractivity contribution >= 4 is 0 Å². The molecule has 0 aliphatic carbocycles. The van der Waals surface area contributed by atoms with E-state index >= 15 is 0 Å². The number of rotatable bonds is 6. The van der Waals surface area contributed by atoms with Gasteiger partial charge in [0.2, 0.25) is 0 Å². The number of hydrogen-bond donors (Lipinski definition) is 1. The molecule has 17 heavy (non-hydrogen) atoms. The summed E-state index contributed by atoms with van der Waals surface area (Å²) in [5, 5.41) is 3.35. The predicted octanol–water partition coefficient (Wildman–Crippen LogP) is 3.70. The van der Waals surface area contributed by atoms with E-state index in [0.29, 0.717) is 0 Å². The summed E-state index contributed by atoms with van der Waals surface area (Å²) in [5.74, 6) is -0.142. The lowest BCUT2D eigenvalue weighted by Gasteiger charge is -2.25. The topological polar surface area (TPSA) is 12.0 Å². The quantitative estimate of drug-likeness (QED) is 0.744. The molecule has 0 atom stereocenters. The fourth-order valence-corrected chi connectivity index (χ4v) is 2.07. The highest BCUT2D eigenvalue weighted by Crippen LogP contribution is 2.27. The Morgan fingerprint density at radius 2 is 2.00 bits per heavy atom. The normalized spacial score (nSPS) is 11.8. The summed E-state index contributed by atoms with van der Waals surface area (Å²) in [6.07, 6.45) is 2.14. The van der Waals surface area contributed by atoms with Crippen molar-refractivity contribution in [2.24, 2.45) is 5.41 Å². The van der Waals surface area contributed by atoms with Crippen LogP contribution in [0, 0.1) is 18.2 Å². The molecule has 0 spiro atoms. The van der Waals surface area contributed by atoms with E-state index in [1.807, 2.05) is 13.0 Å². The van der Waals surface area contributed by atoms with Crippen LogP contribution in [-0.2, 0) is 6.42 Å². The lowest BCUT2D eigenvalue weighted by Crippen LogP contribution is -2.24. The van der Waals surface area contributed by atoms with Crippen LogP contribution >= 0.6 is 0 Å². The highest BCUT2D eigenvalue weighted by Gasteiger charge is 2.18. The lowest BCUT2D eigenvalue weighted by atomic mass is 9.81. The lowest BCUT2D eigenvalue weighted by molar-refractivity contribution is 0.326. The molecule has 96 valence electrons. The summed E-state index contributed by atoms with van der Waals surface area (Å²) in [4.78, 5) is 0. The molecule has 0 aromatic heterocycles. The number of nitrogens with one attached hydrogen (secondary N) is 1. The van der Waals surface area contributed by atoms with E-state index < -0.39 is 0 Å². The van der Waals surface area contributed by atoms with Gasteiger partial charge in [0.1, 0.15) is 5.82 Å². The van der Waals surface area contributed by atoms with E-state index in [1.165, 1.54) is 5.56 Å². The van der Waals surface area contributed by atoms with Gasteiger partial charge in [-0.3, -0.25) is 0 Å². The third-order valence-corrected chi connectivity index (χ3v) is 3.20. The van der Waals surface area contributed by atoms with Crippen molar-refractivity contribution < 1.29 is 4.39 Å². The largest absolute Gasteiger partial charge is 0.317 e. The van der Waals surface area contributed by atoms with E-state index in [2.05, 4.69) is 26.1 Å². The van der Waals surface area contributed by atoms with Crippen LogP contribution in [0.2, 0.25) is 0 Å². The van der Waals surface area contributed by atoms with Crippen molar-refractivity contribution in [2.45, 2.75) is 40.5 Å². The summed E-state index contributed by atoms with van der Waals surface area (Å²) in [6, 6.07) is 5.10. The first-order valence-corrected chi connectivity index (χ1v) is 6.40.